The molecule has 2 unspecified atom stereocenters. The summed E-state index contributed by atoms with van der Waals surface area (Å²) in [6, 6.07) is 0. The molecule has 116 valence electrons. The van der Waals surface area contributed by atoms with Crippen LogP contribution in [-0.2, 0) is 22.1 Å². The second kappa shape index (κ2) is 6.03. The number of aromatic nitrogens is 3. The van der Waals surface area contributed by atoms with Crippen molar-refractivity contribution in [2.45, 2.75) is 37.8 Å². The van der Waals surface area contributed by atoms with Gasteiger partial charge in [-0.2, -0.15) is 0 Å². The molecule has 0 bridgehead atoms. The number of rotatable bonds is 7. The summed E-state index contributed by atoms with van der Waals surface area (Å²) < 4.78 is 23.0. The van der Waals surface area contributed by atoms with Crippen LogP contribution in [0.15, 0.2) is 6.20 Å². The Morgan fingerprint density at radius 3 is 2.35 bits per heavy atom. The second-order valence-electron chi connectivity index (χ2n) is 4.30. The summed E-state index contributed by atoms with van der Waals surface area (Å²) in [5.41, 5.74) is 0.368. The van der Waals surface area contributed by atoms with Gasteiger partial charge in [0.05, 0.1) is 18.4 Å². The van der Waals surface area contributed by atoms with E-state index in [-0.39, 0.29) is 0 Å². The number of hydrogen-bond acceptors (Lipinski definition) is 7. The Balaban J connectivity index is 3.13. The van der Waals surface area contributed by atoms with Crippen molar-refractivity contribution in [3.8, 4) is 0 Å². The van der Waals surface area contributed by atoms with Crippen LogP contribution in [0.1, 0.15) is 25.5 Å². The summed E-state index contributed by atoms with van der Waals surface area (Å²) in [6.45, 7) is 0.740. The van der Waals surface area contributed by atoms with Gasteiger partial charge in [-0.3, -0.25) is 0 Å². The molecular weight excluding hydrogens is 312 g/mol. The number of aryl methyl sites for hydroxylation is 1. The first kappa shape index (κ1) is 17.5. The fourth-order valence-corrected chi connectivity index (χ4v) is 3.41. The van der Waals surface area contributed by atoms with E-state index in [0.29, 0.717) is 18.5 Å². The third-order valence-electron chi connectivity index (χ3n) is 2.75. The molecule has 2 atom stereocenters. The average molecular weight is 327 g/mol. The highest BCUT2D eigenvalue weighted by Gasteiger charge is 2.48. The third-order valence-corrected chi connectivity index (χ3v) is 6.36. The van der Waals surface area contributed by atoms with Crippen LogP contribution < -0.4 is 9.79 Å². The van der Waals surface area contributed by atoms with E-state index in [2.05, 4.69) is 10.3 Å². The van der Waals surface area contributed by atoms with Crippen molar-refractivity contribution in [2.75, 3.05) is 0 Å². The molecule has 0 aromatic carbocycles. The fraction of sp³-hybridized carbons (Fsp3) is 0.750. The van der Waals surface area contributed by atoms with Gasteiger partial charge in [-0.1, -0.05) is 18.6 Å². The molecule has 20 heavy (non-hydrogen) atoms. The predicted octanol–water partition coefficient (Wildman–Crippen LogP) is -1.64. The van der Waals surface area contributed by atoms with E-state index in [9.17, 15) is 24.0 Å². The van der Waals surface area contributed by atoms with Crippen LogP contribution in [-0.4, -0.2) is 35.0 Å². The minimum absolute atomic E-state index is 0.368. The topological polar surface area (TPSA) is 172 Å². The molecule has 10 nitrogen and oxygen atoms in total. The zero-order chi connectivity index (χ0) is 15.6. The van der Waals surface area contributed by atoms with Gasteiger partial charge < -0.3 is 33.8 Å². The fourth-order valence-electron chi connectivity index (χ4n) is 1.50. The molecule has 12 heteroatoms. The molecule has 1 heterocycles. The zero-order valence-corrected chi connectivity index (χ0v) is 12.4. The largest absolute Gasteiger partial charge is 0.776 e. The van der Waals surface area contributed by atoms with Gasteiger partial charge in [0.15, 0.2) is 15.2 Å². The van der Waals surface area contributed by atoms with Gasteiger partial charge in [0.1, 0.15) is 0 Å². The van der Waals surface area contributed by atoms with Gasteiger partial charge in [-0.15, -0.1) is 5.10 Å². The van der Waals surface area contributed by atoms with Gasteiger partial charge in [0.25, 0.3) is 0 Å². The molecule has 0 fully saturated rings. The van der Waals surface area contributed by atoms with Crippen molar-refractivity contribution < 1.29 is 33.8 Å². The van der Waals surface area contributed by atoms with E-state index in [0.717, 1.165) is 11.1 Å². The molecule has 0 aliphatic carbocycles. The molecule has 0 saturated carbocycles. The molecule has 1 aromatic rings. The SMILES string of the molecule is CCCCc1cnnn1CC(O)(P(=O)([O-])O)P(=O)([O-])O. The molecule has 1 aromatic heterocycles. The lowest BCUT2D eigenvalue weighted by Crippen LogP contribution is -2.41. The van der Waals surface area contributed by atoms with Crippen molar-refractivity contribution in [1.29, 1.82) is 0 Å². The molecule has 0 saturated heterocycles. The zero-order valence-electron chi connectivity index (χ0n) is 10.6. The summed E-state index contributed by atoms with van der Waals surface area (Å²) in [5, 5.41) is 12.8. The van der Waals surface area contributed by atoms with E-state index in [1.54, 1.807) is 0 Å². The normalized spacial score (nSPS) is 20.9. The van der Waals surface area contributed by atoms with E-state index in [1.165, 1.54) is 6.20 Å². The van der Waals surface area contributed by atoms with Crippen LogP contribution >= 0.6 is 15.2 Å². The van der Waals surface area contributed by atoms with Gasteiger partial charge in [0.2, 0.25) is 5.08 Å². The van der Waals surface area contributed by atoms with Crippen molar-refractivity contribution in [3.05, 3.63) is 11.9 Å². The second-order valence-corrected chi connectivity index (χ2v) is 8.22. The van der Waals surface area contributed by atoms with Gasteiger partial charge >= 0.3 is 0 Å². The Morgan fingerprint density at radius 2 is 1.90 bits per heavy atom. The van der Waals surface area contributed by atoms with E-state index < -0.39 is 26.8 Å². The highest BCUT2D eigenvalue weighted by Crippen LogP contribution is 2.63. The summed E-state index contributed by atoms with van der Waals surface area (Å²) in [6.07, 6.45) is 3.21. The third kappa shape index (κ3) is 3.53. The van der Waals surface area contributed by atoms with Crippen molar-refractivity contribution in [3.63, 3.8) is 0 Å². The molecule has 0 spiro atoms. The highest BCUT2D eigenvalue weighted by molar-refractivity contribution is 7.70. The van der Waals surface area contributed by atoms with E-state index in [1.807, 2.05) is 6.92 Å². The molecule has 0 aliphatic rings. The van der Waals surface area contributed by atoms with Crippen molar-refractivity contribution >= 4 is 15.2 Å². The molecule has 0 radical (unpaired) electrons. The van der Waals surface area contributed by atoms with Crippen molar-refractivity contribution in [1.82, 2.24) is 15.0 Å². The van der Waals surface area contributed by atoms with Crippen LogP contribution in [0.3, 0.4) is 0 Å². The lowest BCUT2D eigenvalue weighted by atomic mass is 10.2. The Kier molecular flexibility index (Phi) is 5.26. The Bertz CT molecular complexity index is 526. The first-order chi connectivity index (χ1) is 9.03. The monoisotopic (exact) mass is 327 g/mol. The molecule has 1 rings (SSSR count). The van der Waals surface area contributed by atoms with Crippen LogP contribution in [0.5, 0.6) is 0 Å². The molecular formula is C8H15N3O7P2-2. The van der Waals surface area contributed by atoms with Gasteiger partial charge in [-0.25, -0.2) is 4.68 Å². The summed E-state index contributed by atoms with van der Waals surface area (Å²) in [4.78, 5) is 40.0. The quantitative estimate of drug-likeness (QED) is 0.496. The Labute approximate surface area is 114 Å². The molecule has 0 amide bonds. The minimum Gasteiger partial charge on any atom is -0.776 e. The van der Waals surface area contributed by atoms with Crippen LogP contribution in [0, 0.1) is 0 Å². The summed E-state index contributed by atoms with van der Waals surface area (Å²) >= 11 is 0. The lowest BCUT2D eigenvalue weighted by Gasteiger charge is -2.41. The van der Waals surface area contributed by atoms with E-state index >= 15 is 0 Å². The van der Waals surface area contributed by atoms with Crippen LogP contribution in [0.25, 0.3) is 0 Å². The van der Waals surface area contributed by atoms with E-state index in [4.69, 9.17) is 9.79 Å². The maximum Gasteiger partial charge on any atom is 0.211 e. The number of hydrogen-bond donors (Lipinski definition) is 3. The highest BCUT2D eigenvalue weighted by atomic mass is 31.2. The van der Waals surface area contributed by atoms with Gasteiger partial charge in [-0.05, 0) is 12.8 Å². The summed E-state index contributed by atoms with van der Waals surface area (Å²) in [7, 11) is -11.6. The average Bonchev–Trinajstić information content (AvgIpc) is 2.70. The van der Waals surface area contributed by atoms with Crippen LogP contribution in [0.2, 0.25) is 0 Å². The Morgan fingerprint density at radius 1 is 1.35 bits per heavy atom. The summed E-state index contributed by atoms with van der Waals surface area (Å²) in [5.74, 6) is 0. The Hall–Kier alpha value is -0.600. The lowest BCUT2D eigenvalue weighted by molar-refractivity contribution is -0.227. The number of unbranched alkanes of at least 4 members (excludes halogenated alkanes) is 1. The van der Waals surface area contributed by atoms with Crippen molar-refractivity contribution in [2.24, 2.45) is 0 Å². The first-order valence-corrected chi connectivity index (χ1v) is 8.86. The standard InChI is InChI=1S/C8H17N3O7P2/c1-2-3-4-7-5-9-10-11(7)6-8(12,19(13,14)15)20(16,17)18/h5,12H,2-4,6H2,1H3,(H2,13,14,15)(H2,16,17,18)/p-2. The minimum atomic E-state index is -5.80. The maximum absolute atomic E-state index is 11.1. The number of nitrogens with zero attached hydrogens (tertiary/aromatic N) is 3. The molecule has 3 N–H and O–H groups in total. The first-order valence-electron chi connectivity index (χ1n) is 5.70. The smallest absolute Gasteiger partial charge is 0.211 e. The predicted molar refractivity (Wildman–Crippen MR) is 63.2 cm³/mol. The maximum atomic E-state index is 11.1. The van der Waals surface area contributed by atoms with Gasteiger partial charge in [0, 0.05) is 0 Å². The van der Waals surface area contributed by atoms with Crippen LogP contribution in [0.4, 0.5) is 0 Å². The number of aliphatic hydroxyl groups is 1. The molecule has 0 aliphatic heterocycles.